The summed E-state index contributed by atoms with van der Waals surface area (Å²) in [5, 5.41) is 3.62. The van der Waals surface area contributed by atoms with Crippen LogP contribution in [0.4, 0.5) is 0 Å². The quantitative estimate of drug-likeness (QED) is 0.833. The normalized spacial score (nSPS) is 24.7. The highest BCUT2D eigenvalue weighted by atomic mass is 16.5. The monoisotopic (exact) mass is 289 g/mol. The SMILES string of the molecule is CCNC1c2cc(OC)ccc2CCC1OCCC1CC1. The third-order valence-electron chi connectivity index (χ3n) is 4.74. The lowest BCUT2D eigenvalue weighted by Gasteiger charge is -2.34. The van der Waals surface area contributed by atoms with Gasteiger partial charge in [-0.2, -0.15) is 0 Å². The van der Waals surface area contributed by atoms with Crippen molar-refractivity contribution in [1.29, 1.82) is 0 Å². The van der Waals surface area contributed by atoms with Gasteiger partial charge < -0.3 is 14.8 Å². The number of benzene rings is 1. The first-order valence-electron chi connectivity index (χ1n) is 8.33. The number of likely N-dealkylation sites (N-methyl/N-ethyl adjacent to an activating group) is 1. The Hall–Kier alpha value is -1.06. The third-order valence-corrected chi connectivity index (χ3v) is 4.74. The van der Waals surface area contributed by atoms with Crippen LogP contribution in [0.2, 0.25) is 0 Å². The van der Waals surface area contributed by atoms with Crippen molar-refractivity contribution in [3.05, 3.63) is 29.3 Å². The predicted molar refractivity (Wildman–Crippen MR) is 84.8 cm³/mol. The van der Waals surface area contributed by atoms with Gasteiger partial charge in [0.25, 0.3) is 0 Å². The van der Waals surface area contributed by atoms with Gasteiger partial charge in [0, 0.05) is 6.61 Å². The lowest BCUT2D eigenvalue weighted by atomic mass is 9.85. The zero-order chi connectivity index (χ0) is 14.7. The summed E-state index contributed by atoms with van der Waals surface area (Å²) in [6.45, 7) is 4.04. The van der Waals surface area contributed by atoms with Crippen molar-refractivity contribution >= 4 is 0 Å². The molecule has 1 N–H and O–H groups in total. The molecule has 2 aliphatic rings. The van der Waals surface area contributed by atoms with Crippen molar-refractivity contribution in [3.8, 4) is 5.75 Å². The highest BCUT2D eigenvalue weighted by Gasteiger charge is 2.30. The molecule has 0 bridgehead atoms. The number of rotatable bonds is 7. The van der Waals surface area contributed by atoms with Crippen molar-refractivity contribution in [1.82, 2.24) is 5.32 Å². The number of fused-ring (bicyclic) bond motifs is 1. The zero-order valence-electron chi connectivity index (χ0n) is 13.2. The van der Waals surface area contributed by atoms with E-state index in [1.54, 1.807) is 7.11 Å². The molecule has 1 saturated carbocycles. The molecule has 0 heterocycles. The Kier molecular flexibility index (Phi) is 4.81. The van der Waals surface area contributed by atoms with Crippen LogP contribution >= 0.6 is 0 Å². The average Bonchev–Trinajstić information content (AvgIpc) is 3.33. The van der Waals surface area contributed by atoms with Crippen LogP contribution < -0.4 is 10.1 Å². The maximum Gasteiger partial charge on any atom is 0.119 e. The Bertz CT molecular complexity index is 470. The van der Waals surface area contributed by atoms with Crippen LogP contribution in [-0.4, -0.2) is 26.4 Å². The van der Waals surface area contributed by atoms with E-state index in [1.807, 2.05) is 0 Å². The van der Waals surface area contributed by atoms with E-state index in [4.69, 9.17) is 9.47 Å². The zero-order valence-corrected chi connectivity index (χ0v) is 13.2. The summed E-state index contributed by atoms with van der Waals surface area (Å²) in [5.74, 6) is 1.88. The number of aryl methyl sites for hydroxylation is 1. The first-order valence-corrected chi connectivity index (χ1v) is 8.33. The number of hydrogen-bond acceptors (Lipinski definition) is 3. The van der Waals surface area contributed by atoms with Crippen molar-refractivity contribution in [3.63, 3.8) is 0 Å². The van der Waals surface area contributed by atoms with Crippen LogP contribution in [-0.2, 0) is 11.2 Å². The van der Waals surface area contributed by atoms with Gasteiger partial charge in [0.1, 0.15) is 5.75 Å². The molecule has 0 aliphatic heterocycles. The highest BCUT2D eigenvalue weighted by Crippen LogP contribution is 2.36. The van der Waals surface area contributed by atoms with Crippen LogP contribution in [0.3, 0.4) is 0 Å². The van der Waals surface area contributed by atoms with Crippen LogP contribution in [0.15, 0.2) is 18.2 Å². The van der Waals surface area contributed by atoms with Crippen LogP contribution in [0.5, 0.6) is 5.75 Å². The van der Waals surface area contributed by atoms with Gasteiger partial charge in [-0.15, -0.1) is 0 Å². The van der Waals surface area contributed by atoms with Gasteiger partial charge in [0.2, 0.25) is 0 Å². The average molecular weight is 289 g/mol. The Morgan fingerprint density at radius 3 is 2.81 bits per heavy atom. The van der Waals surface area contributed by atoms with Crippen molar-refractivity contribution < 1.29 is 9.47 Å². The Balaban J connectivity index is 1.71. The minimum atomic E-state index is 0.295. The number of ether oxygens (including phenoxy) is 2. The van der Waals surface area contributed by atoms with Crippen molar-refractivity contribution in [2.24, 2.45) is 5.92 Å². The number of nitrogens with one attached hydrogen (secondary N) is 1. The van der Waals surface area contributed by atoms with E-state index in [2.05, 4.69) is 30.4 Å². The smallest absolute Gasteiger partial charge is 0.119 e. The first kappa shape index (κ1) is 14.9. The molecule has 0 saturated heterocycles. The fourth-order valence-electron chi connectivity index (χ4n) is 3.32. The second-order valence-electron chi connectivity index (χ2n) is 6.28. The van der Waals surface area contributed by atoms with E-state index in [9.17, 15) is 0 Å². The largest absolute Gasteiger partial charge is 0.497 e. The van der Waals surface area contributed by atoms with Crippen LogP contribution in [0, 0.1) is 5.92 Å². The molecule has 21 heavy (non-hydrogen) atoms. The molecule has 116 valence electrons. The lowest BCUT2D eigenvalue weighted by molar-refractivity contribution is 0.0129. The van der Waals surface area contributed by atoms with E-state index in [0.717, 1.165) is 37.7 Å². The molecule has 0 spiro atoms. The summed E-state index contributed by atoms with van der Waals surface area (Å²) in [6.07, 6.45) is 6.57. The molecule has 0 radical (unpaired) electrons. The molecule has 2 unspecified atom stereocenters. The Morgan fingerprint density at radius 2 is 2.10 bits per heavy atom. The van der Waals surface area contributed by atoms with Gasteiger partial charge >= 0.3 is 0 Å². The molecule has 0 amide bonds. The second kappa shape index (κ2) is 6.80. The third kappa shape index (κ3) is 3.58. The summed E-state index contributed by atoms with van der Waals surface area (Å²) < 4.78 is 11.6. The summed E-state index contributed by atoms with van der Waals surface area (Å²) >= 11 is 0. The second-order valence-corrected chi connectivity index (χ2v) is 6.28. The van der Waals surface area contributed by atoms with Gasteiger partial charge in [0.05, 0.1) is 19.3 Å². The fraction of sp³-hybridized carbons (Fsp3) is 0.667. The maximum atomic E-state index is 6.23. The molecule has 3 rings (SSSR count). The fourth-order valence-corrected chi connectivity index (χ4v) is 3.32. The molecule has 1 aromatic rings. The number of hydrogen-bond donors (Lipinski definition) is 1. The summed E-state index contributed by atoms with van der Waals surface area (Å²) in [5.41, 5.74) is 2.79. The topological polar surface area (TPSA) is 30.5 Å². The molecule has 0 aromatic heterocycles. The summed E-state index contributed by atoms with van der Waals surface area (Å²) in [7, 11) is 1.73. The molecular formula is C18H27NO2. The predicted octanol–water partition coefficient (Wildman–Crippen LogP) is 3.48. The molecule has 3 nitrogen and oxygen atoms in total. The van der Waals surface area contributed by atoms with Crippen LogP contribution in [0.1, 0.15) is 49.8 Å². The van der Waals surface area contributed by atoms with E-state index in [-0.39, 0.29) is 0 Å². The van der Waals surface area contributed by atoms with Crippen molar-refractivity contribution in [2.45, 2.75) is 51.2 Å². The van der Waals surface area contributed by atoms with Gasteiger partial charge in [-0.05, 0) is 55.0 Å². The van der Waals surface area contributed by atoms with E-state index >= 15 is 0 Å². The van der Waals surface area contributed by atoms with E-state index in [0.29, 0.717) is 12.1 Å². The number of methoxy groups -OCH3 is 1. The molecule has 1 aromatic carbocycles. The maximum absolute atomic E-state index is 6.23. The van der Waals surface area contributed by atoms with Crippen molar-refractivity contribution in [2.75, 3.05) is 20.3 Å². The van der Waals surface area contributed by atoms with Gasteiger partial charge in [-0.3, -0.25) is 0 Å². The summed E-state index contributed by atoms with van der Waals surface area (Å²) in [6, 6.07) is 6.75. The van der Waals surface area contributed by atoms with E-state index < -0.39 is 0 Å². The molecular weight excluding hydrogens is 262 g/mol. The van der Waals surface area contributed by atoms with Gasteiger partial charge in [0.15, 0.2) is 0 Å². The standard InChI is InChI=1S/C18H27NO2/c1-3-19-18-16-12-15(20-2)8-6-14(16)7-9-17(18)21-11-10-13-4-5-13/h6,8,12-13,17-19H,3-5,7,9-11H2,1-2H3. The van der Waals surface area contributed by atoms with Gasteiger partial charge in [-0.25, -0.2) is 0 Å². The molecule has 3 heteroatoms. The highest BCUT2D eigenvalue weighted by molar-refractivity contribution is 5.40. The van der Waals surface area contributed by atoms with E-state index in [1.165, 1.54) is 30.4 Å². The minimum absolute atomic E-state index is 0.295. The van der Waals surface area contributed by atoms with Gasteiger partial charge in [-0.1, -0.05) is 25.8 Å². The van der Waals surface area contributed by atoms with Crippen LogP contribution in [0.25, 0.3) is 0 Å². The Labute approximate surface area is 128 Å². The first-order chi connectivity index (χ1) is 10.3. The molecule has 1 fully saturated rings. The minimum Gasteiger partial charge on any atom is -0.497 e. The molecule has 2 atom stereocenters. The molecule has 2 aliphatic carbocycles. The lowest BCUT2D eigenvalue weighted by Crippen LogP contribution is -2.38. The summed E-state index contributed by atoms with van der Waals surface area (Å²) in [4.78, 5) is 0. The Morgan fingerprint density at radius 1 is 1.24 bits per heavy atom.